The first-order chi connectivity index (χ1) is 12.8. The molecule has 5 aromatic rings. The van der Waals surface area contributed by atoms with Crippen LogP contribution in [0.3, 0.4) is 0 Å². The summed E-state index contributed by atoms with van der Waals surface area (Å²) in [7, 11) is 0. The summed E-state index contributed by atoms with van der Waals surface area (Å²) in [6, 6.07) is 26.0. The van der Waals surface area contributed by atoms with Crippen LogP contribution in [-0.4, -0.2) is 9.97 Å². The van der Waals surface area contributed by atoms with E-state index in [-0.39, 0.29) is 0 Å². The molecule has 0 atom stereocenters. The summed E-state index contributed by atoms with van der Waals surface area (Å²) in [6.45, 7) is 0. The summed E-state index contributed by atoms with van der Waals surface area (Å²) in [4.78, 5) is 9.71. The molecule has 0 aliphatic carbocycles. The zero-order chi connectivity index (χ0) is 17.5. The molecule has 0 spiro atoms. The lowest BCUT2D eigenvalue weighted by atomic mass is 10.1. The van der Waals surface area contributed by atoms with Gasteiger partial charge in [-0.1, -0.05) is 76.6 Å². The van der Waals surface area contributed by atoms with Gasteiger partial charge in [-0.2, -0.15) is 0 Å². The van der Waals surface area contributed by atoms with Crippen LogP contribution in [0.2, 0.25) is 0 Å². The number of halogens is 1. The zero-order valence-electron chi connectivity index (χ0n) is 13.7. The Labute approximate surface area is 158 Å². The van der Waals surface area contributed by atoms with Gasteiger partial charge >= 0.3 is 0 Å². The summed E-state index contributed by atoms with van der Waals surface area (Å²) in [5.41, 5.74) is 5.13. The molecule has 124 valence electrons. The van der Waals surface area contributed by atoms with Crippen molar-refractivity contribution in [3.05, 3.63) is 83.3 Å². The fourth-order valence-corrected chi connectivity index (χ4v) is 3.61. The summed E-state index contributed by atoms with van der Waals surface area (Å²) < 4.78 is 7.09. The minimum absolute atomic E-state index is 0.676. The van der Waals surface area contributed by atoms with Gasteiger partial charge in [0.25, 0.3) is 0 Å². The Kier molecular flexibility index (Phi) is 3.57. The number of hydrogen-bond acceptors (Lipinski definition) is 3. The number of fused-ring (bicyclic) bond motifs is 3. The summed E-state index contributed by atoms with van der Waals surface area (Å²) in [6.07, 6.45) is 0. The topological polar surface area (TPSA) is 38.9 Å². The minimum Gasteiger partial charge on any atom is -0.452 e. The number of para-hydroxylation sites is 1. The highest BCUT2D eigenvalue weighted by atomic mass is 79.9. The Hall–Kier alpha value is -2.98. The van der Waals surface area contributed by atoms with Crippen molar-refractivity contribution in [3.8, 4) is 22.6 Å². The molecule has 0 amide bonds. The second-order valence-corrected chi connectivity index (χ2v) is 6.87. The maximum atomic E-state index is 6.12. The fraction of sp³-hybridized carbons (Fsp3) is 0. The summed E-state index contributed by atoms with van der Waals surface area (Å²) in [5, 5.41) is 0.996. The molecule has 0 saturated carbocycles. The molecule has 0 bridgehead atoms. The third kappa shape index (κ3) is 2.42. The molecule has 0 fully saturated rings. The largest absolute Gasteiger partial charge is 0.452 e. The Balaban J connectivity index is 1.91. The van der Waals surface area contributed by atoms with Gasteiger partial charge in [-0.3, -0.25) is 0 Å². The number of furan rings is 1. The van der Waals surface area contributed by atoms with Gasteiger partial charge in [0.15, 0.2) is 11.4 Å². The van der Waals surface area contributed by atoms with Crippen molar-refractivity contribution in [2.75, 3.05) is 0 Å². The highest BCUT2D eigenvalue weighted by Gasteiger charge is 2.18. The van der Waals surface area contributed by atoms with Crippen molar-refractivity contribution < 1.29 is 4.42 Å². The van der Waals surface area contributed by atoms with Crippen LogP contribution in [0.25, 0.3) is 44.7 Å². The highest BCUT2D eigenvalue weighted by Crippen LogP contribution is 2.36. The second-order valence-electron chi connectivity index (χ2n) is 6.02. The molecule has 0 unspecified atom stereocenters. The Morgan fingerprint density at radius 1 is 0.731 bits per heavy atom. The van der Waals surface area contributed by atoms with E-state index < -0.39 is 0 Å². The van der Waals surface area contributed by atoms with E-state index >= 15 is 0 Å². The maximum absolute atomic E-state index is 6.12. The molecule has 0 aliphatic heterocycles. The third-order valence-electron chi connectivity index (χ3n) is 4.38. The Bertz CT molecular complexity index is 1250. The molecule has 2 heterocycles. The lowest BCUT2D eigenvalue weighted by Crippen LogP contribution is -1.94. The average molecular weight is 401 g/mol. The number of rotatable bonds is 2. The van der Waals surface area contributed by atoms with Gasteiger partial charge in [-0.15, -0.1) is 0 Å². The van der Waals surface area contributed by atoms with Gasteiger partial charge in [0.05, 0.1) is 0 Å². The van der Waals surface area contributed by atoms with E-state index in [2.05, 4.69) is 15.9 Å². The first-order valence-electron chi connectivity index (χ1n) is 8.31. The number of aromatic nitrogens is 2. The molecule has 0 aliphatic rings. The van der Waals surface area contributed by atoms with E-state index in [4.69, 9.17) is 14.4 Å². The number of nitrogens with zero attached hydrogens (tertiary/aromatic N) is 2. The van der Waals surface area contributed by atoms with Gasteiger partial charge in [0, 0.05) is 21.0 Å². The van der Waals surface area contributed by atoms with Crippen LogP contribution in [0, 0.1) is 0 Å². The molecule has 4 heteroatoms. The van der Waals surface area contributed by atoms with Gasteiger partial charge in [0.1, 0.15) is 16.8 Å². The van der Waals surface area contributed by atoms with E-state index in [1.807, 2.05) is 78.9 Å². The maximum Gasteiger partial charge on any atom is 0.180 e. The van der Waals surface area contributed by atoms with Crippen LogP contribution in [0.1, 0.15) is 0 Å². The van der Waals surface area contributed by atoms with E-state index in [9.17, 15) is 0 Å². The van der Waals surface area contributed by atoms with Gasteiger partial charge in [-0.25, -0.2) is 9.97 Å². The first kappa shape index (κ1) is 15.3. The van der Waals surface area contributed by atoms with Crippen LogP contribution in [0.4, 0.5) is 0 Å². The summed E-state index contributed by atoms with van der Waals surface area (Å²) >= 11 is 3.61. The van der Waals surface area contributed by atoms with Crippen LogP contribution >= 0.6 is 15.9 Å². The molecule has 0 radical (unpaired) electrons. The van der Waals surface area contributed by atoms with Crippen molar-refractivity contribution in [2.24, 2.45) is 0 Å². The molecule has 3 nitrogen and oxygen atoms in total. The summed E-state index contributed by atoms with van der Waals surface area (Å²) in [5.74, 6) is 0.676. The third-order valence-corrected chi connectivity index (χ3v) is 5.07. The normalized spacial score (nSPS) is 11.3. The highest BCUT2D eigenvalue weighted by molar-refractivity contribution is 9.10. The molecule has 0 saturated heterocycles. The first-order valence-corrected chi connectivity index (χ1v) is 9.10. The SMILES string of the molecule is Brc1ccccc1-c1nc(-c2ccccc2)c2oc3ccccc3c2n1. The van der Waals surface area contributed by atoms with E-state index in [0.717, 1.165) is 37.8 Å². The quantitative estimate of drug-likeness (QED) is 0.340. The molecular formula is C22H13BrN2O. The molecule has 2 aromatic heterocycles. The van der Waals surface area contributed by atoms with Crippen molar-refractivity contribution in [3.63, 3.8) is 0 Å². The van der Waals surface area contributed by atoms with E-state index in [1.165, 1.54) is 0 Å². The lowest BCUT2D eigenvalue weighted by Gasteiger charge is -2.07. The number of benzene rings is 3. The standard InChI is InChI=1S/C22H13BrN2O/c23-17-12-6-4-10-15(17)22-24-19(14-8-2-1-3-9-14)21-20(25-22)16-11-5-7-13-18(16)26-21/h1-13H. The van der Waals surface area contributed by atoms with Crippen LogP contribution in [0.15, 0.2) is 87.8 Å². The van der Waals surface area contributed by atoms with Crippen LogP contribution in [-0.2, 0) is 0 Å². The molecular weight excluding hydrogens is 388 g/mol. The van der Waals surface area contributed by atoms with Gasteiger partial charge in [-0.05, 0) is 18.2 Å². The molecule has 5 rings (SSSR count). The van der Waals surface area contributed by atoms with Crippen molar-refractivity contribution >= 4 is 38.0 Å². The Morgan fingerprint density at radius 2 is 1.46 bits per heavy atom. The van der Waals surface area contributed by atoms with E-state index in [0.29, 0.717) is 11.4 Å². The lowest BCUT2D eigenvalue weighted by molar-refractivity contribution is 0.667. The molecule has 3 aromatic carbocycles. The van der Waals surface area contributed by atoms with Crippen LogP contribution < -0.4 is 0 Å². The number of hydrogen-bond donors (Lipinski definition) is 0. The predicted octanol–water partition coefficient (Wildman–Crippen LogP) is 6.47. The smallest absolute Gasteiger partial charge is 0.180 e. The van der Waals surface area contributed by atoms with Crippen molar-refractivity contribution in [2.45, 2.75) is 0 Å². The fourth-order valence-electron chi connectivity index (χ4n) is 3.15. The molecule has 26 heavy (non-hydrogen) atoms. The predicted molar refractivity (Wildman–Crippen MR) is 108 cm³/mol. The monoisotopic (exact) mass is 400 g/mol. The van der Waals surface area contributed by atoms with Gasteiger partial charge < -0.3 is 4.42 Å². The van der Waals surface area contributed by atoms with Crippen LogP contribution in [0.5, 0.6) is 0 Å². The zero-order valence-corrected chi connectivity index (χ0v) is 15.3. The molecule has 0 N–H and O–H groups in total. The minimum atomic E-state index is 0.676. The van der Waals surface area contributed by atoms with Crippen molar-refractivity contribution in [1.82, 2.24) is 9.97 Å². The second kappa shape index (κ2) is 6.07. The Morgan fingerprint density at radius 3 is 2.31 bits per heavy atom. The van der Waals surface area contributed by atoms with Crippen molar-refractivity contribution in [1.29, 1.82) is 0 Å². The van der Waals surface area contributed by atoms with Gasteiger partial charge in [0.2, 0.25) is 0 Å². The van der Waals surface area contributed by atoms with E-state index in [1.54, 1.807) is 0 Å². The average Bonchev–Trinajstić information content (AvgIpc) is 3.07.